The zero-order valence-electron chi connectivity index (χ0n) is 14.7. The summed E-state index contributed by atoms with van der Waals surface area (Å²) in [7, 11) is -4.03. The maximum Gasteiger partial charge on any atom is 0.333 e. The summed E-state index contributed by atoms with van der Waals surface area (Å²) in [5, 5.41) is 27.0. The average molecular weight is 397 g/mol. The van der Waals surface area contributed by atoms with Crippen molar-refractivity contribution in [3.8, 4) is 0 Å². The third kappa shape index (κ3) is 4.03. The van der Waals surface area contributed by atoms with Crippen molar-refractivity contribution in [1.29, 1.82) is 0 Å². The molecule has 0 bridgehead atoms. The second-order valence-electron chi connectivity index (χ2n) is 7.28. The Morgan fingerprint density at radius 3 is 2.81 bits per heavy atom. The molecule has 2 aliphatic carbocycles. The van der Waals surface area contributed by atoms with Crippen LogP contribution >= 0.6 is 0 Å². The fourth-order valence-corrected chi connectivity index (χ4v) is 4.38. The molecule has 0 saturated heterocycles. The van der Waals surface area contributed by atoms with Gasteiger partial charge in [0.05, 0.1) is 18.8 Å². The zero-order valence-corrected chi connectivity index (χ0v) is 15.5. The van der Waals surface area contributed by atoms with Crippen molar-refractivity contribution >= 4 is 27.3 Å². The molecule has 2 aromatic heterocycles. The minimum absolute atomic E-state index is 0.159. The Hall–Kier alpha value is -1.89. The van der Waals surface area contributed by atoms with Gasteiger partial charge in [0.1, 0.15) is 6.33 Å². The van der Waals surface area contributed by atoms with Gasteiger partial charge >= 0.3 is 10.3 Å². The van der Waals surface area contributed by atoms with E-state index in [4.69, 9.17) is 5.14 Å². The van der Waals surface area contributed by atoms with Crippen molar-refractivity contribution in [1.82, 2.24) is 25.0 Å². The summed E-state index contributed by atoms with van der Waals surface area (Å²) in [6.45, 7) is -0.160. The Balaban J connectivity index is 1.52. The second-order valence-corrected chi connectivity index (χ2v) is 8.51. The number of fused-ring (bicyclic) bond motifs is 1. The van der Waals surface area contributed by atoms with Crippen molar-refractivity contribution in [2.75, 3.05) is 11.9 Å². The predicted molar refractivity (Wildman–Crippen MR) is 95.8 cm³/mol. The molecule has 0 aliphatic heterocycles. The number of rotatable bonds is 6. The van der Waals surface area contributed by atoms with Crippen LogP contribution in [-0.4, -0.2) is 57.2 Å². The van der Waals surface area contributed by atoms with E-state index in [1.165, 1.54) is 19.2 Å². The van der Waals surface area contributed by atoms with Crippen molar-refractivity contribution < 1.29 is 17.7 Å². The smallest absolute Gasteiger partial charge is 0.333 e. The molecule has 0 radical (unpaired) electrons. The van der Waals surface area contributed by atoms with Crippen LogP contribution in [0.5, 0.6) is 0 Å². The Bertz CT molecular complexity index is 912. The molecule has 148 valence electrons. The molecule has 11 nitrogen and oxygen atoms in total. The van der Waals surface area contributed by atoms with Gasteiger partial charge in [0.15, 0.2) is 17.0 Å². The Morgan fingerprint density at radius 2 is 2.07 bits per heavy atom. The summed E-state index contributed by atoms with van der Waals surface area (Å²) in [6.07, 6.45) is 6.30. The molecule has 12 heteroatoms. The van der Waals surface area contributed by atoms with Gasteiger partial charge in [-0.15, -0.1) is 5.10 Å². The minimum atomic E-state index is -4.03. The number of nitrogens with two attached hydrogens (primary N) is 1. The predicted octanol–water partition coefficient (Wildman–Crippen LogP) is 0.108. The molecule has 0 spiro atoms. The van der Waals surface area contributed by atoms with Crippen molar-refractivity contribution in [2.24, 2.45) is 11.1 Å². The van der Waals surface area contributed by atoms with Crippen LogP contribution in [0.4, 0.5) is 5.82 Å². The lowest BCUT2D eigenvalue weighted by Crippen LogP contribution is -2.24. The summed E-state index contributed by atoms with van der Waals surface area (Å²) in [6, 6.07) is 0.231. The van der Waals surface area contributed by atoms with Crippen LogP contribution in [0.15, 0.2) is 6.33 Å². The maximum absolute atomic E-state index is 11.0. The van der Waals surface area contributed by atoms with Crippen LogP contribution in [0.2, 0.25) is 0 Å². The van der Waals surface area contributed by atoms with Gasteiger partial charge in [0, 0.05) is 12.0 Å². The highest BCUT2D eigenvalue weighted by Gasteiger charge is 2.36. The maximum atomic E-state index is 11.0. The first kappa shape index (κ1) is 18.5. The molecule has 0 amide bonds. The SMILES string of the molecule is NS(=O)(=O)OCC1CC(n2nnc3c(NC4CCCC4)ncnc32)CC1O. The largest absolute Gasteiger partial charge is 0.393 e. The molecule has 4 N–H and O–H groups in total. The van der Waals surface area contributed by atoms with Gasteiger partial charge in [0.2, 0.25) is 0 Å². The van der Waals surface area contributed by atoms with E-state index >= 15 is 0 Å². The first-order chi connectivity index (χ1) is 12.9. The highest BCUT2D eigenvalue weighted by Crippen LogP contribution is 2.36. The number of nitrogens with one attached hydrogen (secondary N) is 1. The van der Waals surface area contributed by atoms with E-state index in [0.717, 1.165) is 12.8 Å². The molecule has 3 atom stereocenters. The monoisotopic (exact) mass is 397 g/mol. The van der Waals surface area contributed by atoms with Gasteiger partial charge < -0.3 is 10.4 Å². The summed E-state index contributed by atoms with van der Waals surface area (Å²) < 4.78 is 28.3. The lowest BCUT2D eigenvalue weighted by atomic mass is 10.1. The first-order valence-electron chi connectivity index (χ1n) is 9.08. The van der Waals surface area contributed by atoms with Gasteiger partial charge in [-0.05, 0) is 25.7 Å². The van der Waals surface area contributed by atoms with Gasteiger partial charge in [-0.2, -0.15) is 8.42 Å². The molecule has 2 fully saturated rings. The van der Waals surface area contributed by atoms with E-state index in [1.807, 2.05) is 0 Å². The number of hydrogen-bond acceptors (Lipinski definition) is 9. The zero-order chi connectivity index (χ0) is 19.0. The van der Waals surface area contributed by atoms with Crippen LogP contribution in [-0.2, 0) is 14.5 Å². The summed E-state index contributed by atoms with van der Waals surface area (Å²) in [5.41, 5.74) is 1.19. The van der Waals surface area contributed by atoms with Crippen LogP contribution in [0.1, 0.15) is 44.6 Å². The van der Waals surface area contributed by atoms with Crippen LogP contribution in [0, 0.1) is 5.92 Å². The van der Waals surface area contributed by atoms with Crippen LogP contribution < -0.4 is 10.5 Å². The van der Waals surface area contributed by atoms with Crippen molar-refractivity contribution in [2.45, 2.75) is 56.7 Å². The van der Waals surface area contributed by atoms with Crippen LogP contribution in [0.3, 0.4) is 0 Å². The molecule has 0 aromatic carbocycles. The Morgan fingerprint density at radius 1 is 1.30 bits per heavy atom. The van der Waals surface area contributed by atoms with Crippen molar-refractivity contribution in [3.05, 3.63) is 6.33 Å². The summed E-state index contributed by atoms with van der Waals surface area (Å²) in [5.74, 6) is 0.316. The molecular formula is C15H23N7O4S. The Kier molecular flexibility index (Phi) is 4.97. The first-order valence-corrected chi connectivity index (χ1v) is 10.6. The number of aromatic nitrogens is 5. The van der Waals surface area contributed by atoms with Gasteiger partial charge in [-0.25, -0.2) is 19.8 Å². The van der Waals surface area contributed by atoms with Gasteiger partial charge in [-0.3, -0.25) is 4.18 Å². The summed E-state index contributed by atoms with van der Waals surface area (Å²) in [4.78, 5) is 8.62. The fourth-order valence-electron chi connectivity index (χ4n) is 4.01. The van der Waals surface area contributed by atoms with E-state index in [1.54, 1.807) is 4.68 Å². The topological polar surface area (TPSA) is 158 Å². The quantitative estimate of drug-likeness (QED) is 0.615. The second kappa shape index (κ2) is 7.26. The van der Waals surface area contributed by atoms with Crippen molar-refractivity contribution in [3.63, 3.8) is 0 Å². The molecule has 2 aromatic rings. The lowest BCUT2D eigenvalue weighted by Gasteiger charge is -2.13. The van der Waals surface area contributed by atoms with E-state index in [9.17, 15) is 13.5 Å². The number of aliphatic hydroxyl groups is 1. The molecule has 27 heavy (non-hydrogen) atoms. The minimum Gasteiger partial charge on any atom is -0.393 e. The molecule has 4 rings (SSSR count). The fraction of sp³-hybridized carbons (Fsp3) is 0.733. The molecule has 2 heterocycles. The van der Waals surface area contributed by atoms with Crippen LogP contribution in [0.25, 0.3) is 11.2 Å². The average Bonchev–Trinajstić information content (AvgIpc) is 3.32. The summed E-state index contributed by atoms with van der Waals surface area (Å²) >= 11 is 0. The number of anilines is 1. The standard InChI is InChI=1S/C15H23N7O4S/c16-27(24,25)26-7-9-5-11(6-12(9)23)22-15-13(20-21-22)14(17-8-18-15)19-10-3-1-2-4-10/h8-12,23H,1-7H2,(H2,16,24,25)(H,17,18,19). The van der Waals surface area contributed by atoms with Gasteiger partial charge in [0.25, 0.3) is 0 Å². The Labute approximate surface area is 156 Å². The molecule has 3 unspecified atom stereocenters. The van der Waals surface area contributed by atoms with E-state index < -0.39 is 16.4 Å². The third-order valence-electron chi connectivity index (χ3n) is 5.38. The lowest BCUT2D eigenvalue weighted by molar-refractivity contribution is 0.100. The number of hydrogen-bond donors (Lipinski definition) is 3. The molecular weight excluding hydrogens is 374 g/mol. The number of nitrogens with zero attached hydrogens (tertiary/aromatic N) is 5. The van der Waals surface area contributed by atoms with E-state index in [-0.39, 0.29) is 18.6 Å². The normalized spacial score (nSPS) is 26.8. The highest BCUT2D eigenvalue weighted by atomic mass is 32.2. The van der Waals surface area contributed by atoms with Gasteiger partial charge in [-0.1, -0.05) is 18.1 Å². The highest BCUT2D eigenvalue weighted by molar-refractivity contribution is 7.84. The molecule has 2 aliphatic rings. The third-order valence-corrected chi connectivity index (χ3v) is 5.85. The van der Waals surface area contributed by atoms with E-state index in [2.05, 4.69) is 29.8 Å². The molecule has 2 saturated carbocycles. The van der Waals surface area contributed by atoms with E-state index in [0.29, 0.717) is 35.9 Å². The number of aliphatic hydroxyl groups excluding tert-OH is 1.